The van der Waals surface area contributed by atoms with Gasteiger partial charge in [0.25, 0.3) is 0 Å². The molecule has 1 aliphatic rings. The highest BCUT2D eigenvalue weighted by molar-refractivity contribution is 5.88. The van der Waals surface area contributed by atoms with Crippen LogP contribution >= 0.6 is 0 Å². The molecule has 0 atom stereocenters. The lowest BCUT2D eigenvalue weighted by molar-refractivity contribution is -0.114. The molecule has 2 aromatic heterocycles. The molecule has 8 nitrogen and oxygen atoms in total. The number of H-pyrrole nitrogens is 1. The lowest BCUT2D eigenvalue weighted by Crippen LogP contribution is -2.33. The van der Waals surface area contributed by atoms with E-state index in [1.807, 2.05) is 18.3 Å². The van der Waals surface area contributed by atoms with Crippen LogP contribution in [0.5, 0.6) is 11.6 Å². The molecule has 0 bridgehead atoms. The van der Waals surface area contributed by atoms with E-state index in [4.69, 9.17) is 4.74 Å². The zero-order valence-corrected chi connectivity index (χ0v) is 16.3. The monoisotopic (exact) mass is 392 g/mol. The molecule has 1 aliphatic heterocycles. The third kappa shape index (κ3) is 4.97. The van der Waals surface area contributed by atoms with Crippen LogP contribution in [0.15, 0.2) is 49.1 Å². The molecule has 0 saturated carbocycles. The molecule has 1 fully saturated rings. The van der Waals surface area contributed by atoms with Crippen molar-refractivity contribution in [2.45, 2.75) is 32.2 Å². The number of carbonyl (C=O) groups excluding carboxylic acids is 1. The van der Waals surface area contributed by atoms with Gasteiger partial charge in [-0.2, -0.15) is 0 Å². The molecule has 0 radical (unpaired) electrons. The molecule has 3 heterocycles. The number of hydrogen-bond acceptors (Lipinski definition) is 6. The number of nitrogens with one attached hydrogen (secondary N) is 2. The number of aromatic amines is 1. The summed E-state index contributed by atoms with van der Waals surface area (Å²) in [6.07, 6.45) is 9.00. The van der Waals surface area contributed by atoms with Gasteiger partial charge in [0.05, 0.1) is 6.54 Å². The minimum Gasteiger partial charge on any atom is -0.437 e. The summed E-state index contributed by atoms with van der Waals surface area (Å²) in [6, 6.07) is 7.24. The summed E-state index contributed by atoms with van der Waals surface area (Å²) in [5, 5.41) is 2.74. The van der Waals surface area contributed by atoms with Gasteiger partial charge in [-0.3, -0.25) is 14.7 Å². The molecule has 2 N–H and O–H groups in total. The van der Waals surface area contributed by atoms with E-state index in [0.717, 1.165) is 49.7 Å². The summed E-state index contributed by atoms with van der Waals surface area (Å²) in [6.45, 7) is 4.28. The van der Waals surface area contributed by atoms with Crippen molar-refractivity contribution in [3.05, 3.63) is 60.6 Å². The molecule has 0 aliphatic carbocycles. The number of likely N-dealkylation sites (tertiary alicyclic amines) is 1. The van der Waals surface area contributed by atoms with Crippen LogP contribution in [0.4, 0.5) is 5.69 Å². The average Bonchev–Trinajstić information content (AvgIpc) is 3.23. The van der Waals surface area contributed by atoms with Crippen molar-refractivity contribution in [3.63, 3.8) is 0 Å². The summed E-state index contributed by atoms with van der Waals surface area (Å²) in [5.74, 6) is 2.41. The SMILES string of the molecule is CC(=O)Nc1ccc(Oc2nccnc2C2CCN(Cc3ncc[nH]3)CC2)cc1. The minimum absolute atomic E-state index is 0.103. The number of nitrogens with zero attached hydrogens (tertiary/aromatic N) is 4. The van der Waals surface area contributed by atoms with E-state index in [9.17, 15) is 4.79 Å². The first-order valence-corrected chi connectivity index (χ1v) is 9.74. The van der Waals surface area contributed by atoms with E-state index in [1.165, 1.54) is 6.92 Å². The fraction of sp³-hybridized carbons (Fsp3) is 0.333. The molecule has 3 aromatic rings. The third-order valence-electron chi connectivity index (χ3n) is 4.98. The maximum absolute atomic E-state index is 11.2. The number of ether oxygens (including phenoxy) is 1. The van der Waals surface area contributed by atoms with E-state index in [-0.39, 0.29) is 5.91 Å². The van der Waals surface area contributed by atoms with E-state index in [0.29, 0.717) is 17.5 Å². The highest BCUT2D eigenvalue weighted by atomic mass is 16.5. The molecule has 29 heavy (non-hydrogen) atoms. The van der Waals surface area contributed by atoms with Gasteiger partial charge in [-0.15, -0.1) is 0 Å². The number of aromatic nitrogens is 4. The second kappa shape index (κ2) is 8.83. The Morgan fingerprint density at radius 3 is 2.59 bits per heavy atom. The van der Waals surface area contributed by atoms with Crippen LogP contribution in [0.2, 0.25) is 0 Å². The summed E-state index contributed by atoms with van der Waals surface area (Å²) in [4.78, 5) is 30.0. The predicted octanol–water partition coefficient (Wildman–Crippen LogP) is 3.33. The normalized spacial score (nSPS) is 15.2. The predicted molar refractivity (Wildman–Crippen MR) is 109 cm³/mol. The van der Waals surface area contributed by atoms with Crippen LogP contribution in [0.25, 0.3) is 0 Å². The van der Waals surface area contributed by atoms with Gasteiger partial charge in [0.15, 0.2) is 0 Å². The molecule has 0 unspecified atom stereocenters. The van der Waals surface area contributed by atoms with Crippen LogP contribution < -0.4 is 10.1 Å². The Bertz CT molecular complexity index is 934. The van der Waals surface area contributed by atoms with Crippen molar-refractivity contribution in [3.8, 4) is 11.6 Å². The highest BCUT2D eigenvalue weighted by Gasteiger charge is 2.25. The van der Waals surface area contributed by atoms with Gasteiger partial charge < -0.3 is 15.0 Å². The van der Waals surface area contributed by atoms with Gasteiger partial charge in [-0.1, -0.05) is 0 Å². The lowest BCUT2D eigenvalue weighted by atomic mass is 9.93. The maximum Gasteiger partial charge on any atom is 0.241 e. The molecule has 150 valence electrons. The molecule has 8 heteroatoms. The largest absolute Gasteiger partial charge is 0.437 e. The Morgan fingerprint density at radius 2 is 1.90 bits per heavy atom. The quantitative estimate of drug-likeness (QED) is 0.668. The second-order valence-electron chi connectivity index (χ2n) is 7.14. The number of hydrogen-bond donors (Lipinski definition) is 2. The summed E-state index contributed by atoms with van der Waals surface area (Å²) in [5.41, 5.74) is 1.63. The van der Waals surface area contributed by atoms with Crippen molar-refractivity contribution < 1.29 is 9.53 Å². The Labute approximate surface area is 169 Å². The van der Waals surface area contributed by atoms with Gasteiger partial charge in [0.2, 0.25) is 11.8 Å². The van der Waals surface area contributed by atoms with Gasteiger partial charge in [-0.05, 0) is 50.2 Å². The molecule has 1 amide bonds. The Morgan fingerprint density at radius 1 is 1.14 bits per heavy atom. The van der Waals surface area contributed by atoms with Crippen molar-refractivity contribution in [1.29, 1.82) is 0 Å². The average molecular weight is 392 g/mol. The van der Waals surface area contributed by atoms with E-state index in [1.54, 1.807) is 30.7 Å². The topological polar surface area (TPSA) is 96.0 Å². The van der Waals surface area contributed by atoms with Crippen molar-refractivity contribution in [2.24, 2.45) is 0 Å². The number of piperidine rings is 1. The zero-order chi connectivity index (χ0) is 20.1. The van der Waals surface area contributed by atoms with Gasteiger partial charge in [0, 0.05) is 43.3 Å². The first-order valence-electron chi connectivity index (χ1n) is 9.74. The van der Waals surface area contributed by atoms with E-state index >= 15 is 0 Å². The van der Waals surface area contributed by atoms with Crippen LogP contribution in [0, 0.1) is 0 Å². The number of rotatable bonds is 6. The number of imidazole rings is 1. The second-order valence-corrected chi connectivity index (χ2v) is 7.14. The van der Waals surface area contributed by atoms with Crippen molar-refractivity contribution in [2.75, 3.05) is 18.4 Å². The zero-order valence-electron chi connectivity index (χ0n) is 16.3. The highest BCUT2D eigenvalue weighted by Crippen LogP contribution is 2.33. The Kier molecular flexibility index (Phi) is 5.81. The molecule has 1 aromatic carbocycles. The Hall–Kier alpha value is -3.26. The van der Waals surface area contributed by atoms with Crippen LogP contribution in [0.3, 0.4) is 0 Å². The number of carbonyl (C=O) groups is 1. The minimum atomic E-state index is -0.103. The number of benzene rings is 1. The Balaban J connectivity index is 1.40. The first-order chi connectivity index (χ1) is 14.2. The van der Waals surface area contributed by atoms with Gasteiger partial charge in [-0.25, -0.2) is 9.97 Å². The van der Waals surface area contributed by atoms with Gasteiger partial charge >= 0.3 is 0 Å². The molecule has 4 rings (SSSR count). The fourth-order valence-corrected chi connectivity index (χ4v) is 3.58. The lowest BCUT2D eigenvalue weighted by Gasteiger charge is -2.31. The van der Waals surface area contributed by atoms with Crippen LogP contribution in [-0.4, -0.2) is 43.8 Å². The van der Waals surface area contributed by atoms with Crippen LogP contribution in [-0.2, 0) is 11.3 Å². The smallest absolute Gasteiger partial charge is 0.241 e. The summed E-state index contributed by atoms with van der Waals surface area (Å²) < 4.78 is 6.02. The molecule has 0 spiro atoms. The van der Waals surface area contributed by atoms with Gasteiger partial charge in [0.1, 0.15) is 17.3 Å². The number of anilines is 1. The molecular weight excluding hydrogens is 368 g/mol. The molecule has 1 saturated heterocycles. The van der Waals surface area contributed by atoms with E-state index in [2.05, 4.69) is 30.2 Å². The number of amides is 1. The summed E-state index contributed by atoms with van der Waals surface area (Å²) >= 11 is 0. The van der Waals surface area contributed by atoms with Crippen molar-refractivity contribution >= 4 is 11.6 Å². The fourth-order valence-electron chi connectivity index (χ4n) is 3.58. The van der Waals surface area contributed by atoms with E-state index < -0.39 is 0 Å². The third-order valence-corrected chi connectivity index (χ3v) is 4.98. The van der Waals surface area contributed by atoms with Crippen LogP contribution in [0.1, 0.15) is 37.2 Å². The maximum atomic E-state index is 11.2. The summed E-state index contributed by atoms with van der Waals surface area (Å²) in [7, 11) is 0. The molecular formula is C21H24N6O2. The standard InChI is InChI=1S/C21H24N6O2/c1-15(28)26-17-2-4-18(5-3-17)29-21-20(24-10-11-25-21)16-6-12-27(13-7-16)14-19-22-8-9-23-19/h2-5,8-11,16H,6-7,12-14H2,1H3,(H,22,23)(H,26,28). The first kappa shape index (κ1) is 19.1. The van der Waals surface area contributed by atoms with Crippen molar-refractivity contribution in [1.82, 2.24) is 24.8 Å².